The lowest BCUT2D eigenvalue weighted by Gasteiger charge is -2.18. The number of hydrogen-bond donors (Lipinski definition) is 2. The Morgan fingerprint density at radius 2 is 2.15 bits per heavy atom. The SMILES string of the molecule is CC(C)Oc1cccc(C(NN)c2c(Br)nnn2C)c1. The van der Waals surface area contributed by atoms with Crippen molar-refractivity contribution in [2.45, 2.75) is 26.0 Å². The van der Waals surface area contributed by atoms with Gasteiger partial charge in [-0.2, -0.15) is 0 Å². The molecule has 1 aromatic heterocycles. The van der Waals surface area contributed by atoms with Gasteiger partial charge in [-0.1, -0.05) is 17.3 Å². The summed E-state index contributed by atoms with van der Waals surface area (Å²) in [6.45, 7) is 3.99. The summed E-state index contributed by atoms with van der Waals surface area (Å²) in [6.07, 6.45) is 0.125. The monoisotopic (exact) mass is 339 g/mol. The minimum atomic E-state index is -0.222. The first kappa shape index (κ1) is 15.0. The molecule has 2 aromatic rings. The van der Waals surface area contributed by atoms with Gasteiger partial charge in [-0.25, -0.2) is 10.1 Å². The molecule has 0 aliphatic rings. The van der Waals surface area contributed by atoms with E-state index in [1.165, 1.54) is 0 Å². The molecule has 0 spiro atoms. The molecule has 1 aromatic carbocycles. The highest BCUT2D eigenvalue weighted by Crippen LogP contribution is 2.28. The van der Waals surface area contributed by atoms with Crippen LogP contribution in [0.3, 0.4) is 0 Å². The van der Waals surface area contributed by atoms with Crippen LogP contribution in [0.5, 0.6) is 5.75 Å². The number of benzene rings is 1. The quantitative estimate of drug-likeness (QED) is 0.642. The van der Waals surface area contributed by atoms with Crippen molar-refractivity contribution in [1.82, 2.24) is 20.4 Å². The summed E-state index contributed by atoms with van der Waals surface area (Å²) < 4.78 is 8.06. The summed E-state index contributed by atoms with van der Waals surface area (Å²) in [5.41, 5.74) is 4.64. The molecule has 7 heteroatoms. The molecule has 0 saturated heterocycles. The van der Waals surface area contributed by atoms with Crippen molar-refractivity contribution in [3.63, 3.8) is 0 Å². The number of hydrazine groups is 1. The molecule has 0 bridgehead atoms. The third-order valence-corrected chi connectivity index (χ3v) is 3.39. The predicted molar refractivity (Wildman–Crippen MR) is 80.1 cm³/mol. The first-order chi connectivity index (χ1) is 9.52. The smallest absolute Gasteiger partial charge is 0.153 e. The average molecular weight is 340 g/mol. The average Bonchev–Trinajstić information content (AvgIpc) is 2.71. The fourth-order valence-corrected chi connectivity index (χ4v) is 2.57. The lowest BCUT2D eigenvalue weighted by atomic mass is 10.0. The molecule has 0 saturated carbocycles. The second kappa shape index (κ2) is 6.34. The highest BCUT2D eigenvalue weighted by atomic mass is 79.9. The minimum absolute atomic E-state index is 0.125. The van der Waals surface area contributed by atoms with E-state index >= 15 is 0 Å². The molecule has 6 nitrogen and oxygen atoms in total. The van der Waals surface area contributed by atoms with E-state index in [0.29, 0.717) is 4.60 Å². The Kier molecular flexibility index (Phi) is 4.74. The van der Waals surface area contributed by atoms with Gasteiger partial charge in [0.15, 0.2) is 4.60 Å². The van der Waals surface area contributed by atoms with Gasteiger partial charge in [-0.3, -0.25) is 5.84 Å². The second-order valence-corrected chi connectivity index (χ2v) is 5.48. The van der Waals surface area contributed by atoms with Crippen LogP contribution < -0.4 is 16.0 Å². The van der Waals surface area contributed by atoms with Crippen LogP contribution in [0.25, 0.3) is 0 Å². The van der Waals surface area contributed by atoms with Crippen LogP contribution in [0.4, 0.5) is 0 Å². The Bertz CT molecular complexity index is 564. The van der Waals surface area contributed by atoms with E-state index in [4.69, 9.17) is 10.6 Å². The van der Waals surface area contributed by atoms with Gasteiger partial charge in [0.05, 0.1) is 17.8 Å². The van der Waals surface area contributed by atoms with Crippen LogP contribution in [0.2, 0.25) is 0 Å². The molecule has 108 valence electrons. The Balaban J connectivity index is 2.37. The first-order valence-corrected chi connectivity index (χ1v) is 7.10. The van der Waals surface area contributed by atoms with Crippen molar-refractivity contribution in [2.24, 2.45) is 12.9 Å². The van der Waals surface area contributed by atoms with E-state index in [2.05, 4.69) is 31.7 Å². The van der Waals surface area contributed by atoms with Gasteiger partial charge in [-0.05, 0) is 47.5 Å². The van der Waals surface area contributed by atoms with E-state index in [1.807, 2.05) is 45.2 Å². The van der Waals surface area contributed by atoms with Crippen LogP contribution in [0.1, 0.15) is 31.1 Å². The van der Waals surface area contributed by atoms with Gasteiger partial charge in [0.1, 0.15) is 5.75 Å². The molecular formula is C13H18BrN5O. The zero-order valence-corrected chi connectivity index (χ0v) is 13.3. The maximum absolute atomic E-state index is 5.71. The van der Waals surface area contributed by atoms with Crippen molar-refractivity contribution in [3.8, 4) is 5.75 Å². The van der Waals surface area contributed by atoms with Crippen LogP contribution in [-0.2, 0) is 7.05 Å². The fraction of sp³-hybridized carbons (Fsp3) is 0.385. The normalized spacial score (nSPS) is 12.7. The van der Waals surface area contributed by atoms with Gasteiger partial charge >= 0.3 is 0 Å². The third-order valence-electron chi connectivity index (χ3n) is 2.83. The second-order valence-electron chi connectivity index (χ2n) is 4.73. The summed E-state index contributed by atoms with van der Waals surface area (Å²) in [6, 6.07) is 7.59. The van der Waals surface area contributed by atoms with Crippen LogP contribution in [0, 0.1) is 0 Å². The standard InChI is InChI=1S/C13H18BrN5O/c1-8(2)20-10-6-4-5-9(7-10)11(16-15)12-13(14)17-18-19(12)3/h4-8,11,16H,15H2,1-3H3. The van der Waals surface area contributed by atoms with Crippen molar-refractivity contribution >= 4 is 15.9 Å². The maximum atomic E-state index is 5.71. The van der Waals surface area contributed by atoms with Gasteiger partial charge < -0.3 is 4.74 Å². The molecule has 0 aliphatic carbocycles. The first-order valence-electron chi connectivity index (χ1n) is 6.30. The van der Waals surface area contributed by atoms with Crippen molar-refractivity contribution in [3.05, 3.63) is 40.1 Å². The fourth-order valence-electron chi connectivity index (χ4n) is 2.02. The van der Waals surface area contributed by atoms with E-state index < -0.39 is 0 Å². The lowest BCUT2D eigenvalue weighted by Crippen LogP contribution is -2.30. The Hall–Kier alpha value is -1.44. The van der Waals surface area contributed by atoms with Gasteiger partial charge in [-0.15, -0.1) is 5.10 Å². The topological polar surface area (TPSA) is 78.0 Å². The molecule has 20 heavy (non-hydrogen) atoms. The molecule has 0 amide bonds. The third kappa shape index (κ3) is 3.17. The van der Waals surface area contributed by atoms with Crippen molar-refractivity contribution in [1.29, 1.82) is 0 Å². The largest absolute Gasteiger partial charge is 0.491 e. The number of halogens is 1. The predicted octanol–water partition coefficient (Wildman–Crippen LogP) is 1.92. The van der Waals surface area contributed by atoms with E-state index in [1.54, 1.807) is 4.68 Å². The number of nitrogens with zero attached hydrogens (tertiary/aromatic N) is 3. The van der Waals surface area contributed by atoms with Crippen molar-refractivity contribution in [2.75, 3.05) is 0 Å². The zero-order valence-electron chi connectivity index (χ0n) is 11.7. The Morgan fingerprint density at radius 1 is 1.40 bits per heavy atom. The minimum Gasteiger partial charge on any atom is -0.491 e. The van der Waals surface area contributed by atoms with Crippen LogP contribution in [0.15, 0.2) is 28.9 Å². The molecule has 0 fully saturated rings. The number of ether oxygens (including phenoxy) is 1. The highest BCUT2D eigenvalue weighted by molar-refractivity contribution is 9.10. The van der Waals surface area contributed by atoms with Crippen LogP contribution >= 0.6 is 15.9 Å². The van der Waals surface area contributed by atoms with Gasteiger partial charge in [0.25, 0.3) is 0 Å². The molecule has 1 heterocycles. The lowest BCUT2D eigenvalue weighted by molar-refractivity contribution is 0.242. The summed E-state index contributed by atoms with van der Waals surface area (Å²) in [7, 11) is 1.83. The number of rotatable bonds is 5. The number of hydrogen-bond acceptors (Lipinski definition) is 5. The van der Waals surface area contributed by atoms with Crippen LogP contribution in [-0.4, -0.2) is 21.1 Å². The number of aromatic nitrogens is 3. The summed E-state index contributed by atoms with van der Waals surface area (Å²) in [5.74, 6) is 6.51. The van der Waals surface area contributed by atoms with Gasteiger partial charge in [0.2, 0.25) is 0 Å². The molecule has 1 atom stereocenters. The number of aryl methyl sites for hydroxylation is 1. The molecule has 3 N–H and O–H groups in total. The summed E-state index contributed by atoms with van der Waals surface area (Å²) >= 11 is 3.39. The van der Waals surface area contributed by atoms with E-state index in [-0.39, 0.29) is 12.1 Å². The Morgan fingerprint density at radius 3 is 2.70 bits per heavy atom. The molecule has 1 unspecified atom stereocenters. The van der Waals surface area contributed by atoms with E-state index in [0.717, 1.165) is 17.0 Å². The zero-order chi connectivity index (χ0) is 14.7. The Labute approximate surface area is 126 Å². The highest BCUT2D eigenvalue weighted by Gasteiger charge is 2.21. The molecular weight excluding hydrogens is 322 g/mol. The summed E-state index contributed by atoms with van der Waals surface area (Å²) in [4.78, 5) is 0. The molecule has 0 aliphatic heterocycles. The van der Waals surface area contributed by atoms with Gasteiger partial charge in [0, 0.05) is 7.05 Å². The maximum Gasteiger partial charge on any atom is 0.153 e. The number of nitrogens with one attached hydrogen (secondary N) is 1. The van der Waals surface area contributed by atoms with Crippen molar-refractivity contribution < 1.29 is 4.74 Å². The molecule has 2 rings (SSSR count). The summed E-state index contributed by atoms with van der Waals surface area (Å²) in [5, 5.41) is 7.96. The molecule has 0 radical (unpaired) electrons. The number of nitrogens with two attached hydrogens (primary N) is 1. The van der Waals surface area contributed by atoms with E-state index in [9.17, 15) is 0 Å².